The number of amides is 2. The molecule has 3 aliphatic carbocycles. The van der Waals surface area contributed by atoms with Gasteiger partial charge < -0.3 is 15.7 Å². The summed E-state index contributed by atoms with van der Waals surface area (Å²) in [6.45, 7) is 6.35. The van der Waals surface area contributed by atoms with Crippen molar-refractivity contribution in [3.63, 3.8) is 0 Å². The smallest absolute Gasteiger partial charge is 0.271 e. The lowest BCUT2D eigenvalue weighted by Crippen LogP contribution is -2.58. The van der Waals surface area contributed by atoms with Gasteiger partial charge in [0.2, 0.25) is 5.91 Å². The topological polar surface area (TPSA) is 104 Å². The fourth-order valence-corrected chi connectivity index (χ4v) is 5.91. The Bertz CT molecular complexity index is 784. The summed E-state index contributed by atoms with van der Waals surface area (Å²) < 4.78 is 0. The molecule has 1 aromatic heterocycles. The second kappa shape index (κ2) is 8.25. The number of rotatable bonds is 5. The second-order valence-electron chi connectivity index (χ2n) is 10.0. The van der Waals surface area contributed by atoms with Gasteiger partial charge >= 0.3 is 0 Å². The molecule has 7 heteroatoms. The van der Waals surface area contributed by atoms with Crippen molar-refractivity contribution in [1.29, 1.82) is 0 Å². The van der Waals surface area contributed by atoms with Crippen LogP contribution >= 0.6 is 0 Å². The van der Waals surface area contributed by atoms with Gasteiger partial charge in [0.15, 0.2) is 0 Å². The van der Waals surface area contributed by atoms with Gasteiger partial charge in [-0.2, -0.15) is 0 Å². The average Bonchev–Trinajstić information content (AvgIpc) is 3.54. The molecule has 0 radical (unpaired) electrons. The third kappa shape index (κ3) is 4.09. The summed E-state index contributed by atoms with van der Waals surface area (Å²) in [5, 5.41) is 17.6. The van der Waals surface area contributed by atoms with Crippen molar-refractivity contribution in [2.24, 2.45) is 29.1 Å². The minimum absolute atomic E-state index is 0.0263. The molecule has 3 N–H and O–H groups in total. The molecular formula is C23H34N4O3. The Morgan fingerprint density at radius 2 is 1.90 bits per heavy atom. The summed E-state index contributed by atoms with van der Waals surface area (Å²) in [6, 6.07) is 0.307. The lowest BCUT2D eigenvalue weighted by Gasteiger charge is -2.56. The molecule has 0 saturated heterocycles. The van der Waals surface area contributed by atoms with Crippen LogP contribution in [0, 0.1) is 29.1 Å². The summed E-state index contributed by atoms with van der Waals surface area (Å²) in [5.74, 6) is -0.233. The number of aliphatic hydroxyl groups excluding tert-OH is 1. The van der Waals surface area contributed by atoms with Crippen molar-refractivity contribution in [2.45, 2.75) is 77.5 Å². The lowest BCUT2D eigenvalue weighted by atomic mass is 9.51. The normalized spacial score (nSPS) is 37.0. The molecule has 3 saturated carbocycles. The Labute approximate surface area is 178 Å². The number of aromatic nitrogens is 2. The minimum Gasteiger partial charge on any atom is -0.392 e. The van der Waals surface area contributed by atoms with Crippen LogP contribution in [0.3, 0.4) is 0 Å². The van der Waals surface area contributed by atoms with Gasteiger partial charge in [-0.25, -0.2) is 4.98 Å². The molecule has 7 nitrogen and oxygen atoms in total. The van der Waals surface area contributed by atoms with E-state index in [9.17, 15) is 14.7 Å². The highest BCUT2D eigenvalue weighted by Gasteiger charge is 2.54. The third-order valence-corrected chi connectivity index (χ3v) is 7.98. The number of nitrogens with zero attached hydrogens (tertiary/aromatic N) is 2. The molecule has 4 rings (SSSR count). The first-order chi connectivity index (χ1) is 14.3. The van der Waals surface area contributed by atoms with E-state index in [4.69, 9.17) is 0 Å². The number of fused-ring (bicyclic) bond motifs is 1. The molecule has 0 aromatic carbocycles. The van der Waals surface area contributed by atoms with Crippen LogP contribution in [-0.4, -0.2) is 45.1 Å². The van der Waals surface area contributed by atoms with E-state index in [-0.39, 0.29) is 46.9 Å². The van der Waals surface area contributed by atoms with Gasteiger partial charge in [0.25, 0.3) is 5.91 Å². The zero-order chi connectivity index (χ0) is 21.5. The summed E-state index contributed by atoms with van der Waals surface area (Å²) in [6.07, 6.45) is 9.84. The molecule has 0 bridgehead atoms. The van der Waals surface area contributed by atoms with Crippen LogP contribution in [0.25, 0.3) is 0 Å². The largest absolute Gasteiger partial charge is 0.392 e. The number of hydrogen-bond donors (Lipinski definition) is 3. The molecule has 7 atom stereocenters. The quantitative estimate of drug-likeness (QED) is 0.686. The molecule has 3 fully saturated rings. The first kappa shape index (κ1) is 21.2. The van der Waals surface area contributed by atoms with Crippen LogP contribution in [-0.2, 0) is 4.79 Å². The van der Waals surface area contributed by atoms with Crippen molar-refractivity contribution < 1.29 is 14.7 Å². The third-order valence-electron chi connectivity index (χ3n) is 7.98. The van der Waals surface area contributed by atoms with E-state index in [1.807, 2.05) is 6.92 Å². The van der Waals surface area contributed by atoms with Crippen LogP contribution in [0.2, 0.25) is 0 Å². The van der Waals surface area contributed by atoms with Gasteiger partial charge in [-0.05, 0) is 61.7 Å². The summed E-state index contributed by atoms with van der Waals surface area (Å²) in [4.78, 5) is 33.3. The highest BCUT2D eigenvalue weighted by Crippen LogP contribution is 2.55. The Balaban J connectivity index is 1.46. The Morgan fingerprint density at radius 3 is 2.57 bits per heavy atom. The summed E-state index contributed by atoms with van der Waals surface area (Å²) in [7, 11) is 0. The SMILES string of the molecule is C[C@@H]1[C@@H]2[C@@H](O)[C@H]([C@H](C)C(=O)NC3CC3)CC[C@]2(C)CC[C@@H]1NC(=O)c1cnccn1. The Hall–Kier alpha value is -2.02. The van der Waals surface area contributed by atoms with E-state index in [0.717, 1.165) is 38.5 Å². The van der Waals surface area contributed by atoms with Gasteiger partial charge in [-0.1, -0.05) is 20.8 Å². The van der Waals surface area contributed by atoms with Crippen molar-refractivity contribution in [3.8, 4) is 0 Å². The van der Waals surface area contributed by atoms with E-state index in [2.05, 4.69) is 34.4 Å². The maximum absolute atomic E-state index is 12.6. The monoisotopic (exact) mass is 414 g/mol. The molecule has 0 unspecified atom stereocenters. The lowest BCUT2D eigenvalue weighted by molar-refractivity contribution is -0.142. The number of nitrogens with one attached hydrogen (secondary N) is 2. The van der Waals surface area contributed by atoms with Crippen LogP contribution < -0.4 is 10.6 Å². The molecule has 30 heavy (non-hydrogen) atoms. The molecule has 1 heterocycles. The van der Waals surface area contributed by atoms with Gasteiger partial charge in [-0.15, -0.1) is 0 Å². The van der Waals surface area contributed by atoms with Gasteiger partial charge in [0, 0.05) is 30.4 Å². The standard InChI is InChI=1S/C23H34N4O3/c1-13(21(29)26-15-4-5-15)16-6-8-23(3)9-7-17(14(2)19(23)20(16)28)27-22(30)18-12-24-10-11-25-18/h10-17,19-20,28H,4-9H2,1-3H3,(H,26,29)(H,27,30)/t13-,14-,16-,17-,19+,20-,23+/m0/s1. The zero-order valence-corrected chi connectivity index (χ0v) is 18.2. The highest BCUT2D eigenvalue weighted by atomic mass is 16.3. The fraction of sp³-hybridized carbons (Fsp3) is 0.739. The van der Waals surface area contributed by atoms with Crippen molar-refractivity contribution >= 4 is 11.8 Å². The molecular weight excluding hydrogens is 380 g/mol. The van der Waals surface area contributed by atoms with Crippen LogP contribution in [0.1, 0.15) is 69.8 Å². The fourth-order valence-electron chi connectivity index (χ4n) is 5.91. The second-order valence-corrected chi connectivity index (χ2v) is 10.0. The number of carbonyl (C=O) groups is 2. The molecule has 1 aromatic rings. The van der Waals surface area contributed by atoms with E-state index in [1.54, 1.807) is 6.20 Å². The maximum atomic E-state index is 12.6. The summed E-state index contributed by atoms with van der Waals surface area (Å²) in [5.41, 5.74) is 0.348. The Kier molecular flexibility index (Phi) is 5.84. The van der Waals surface area contributed by atoms with Gasteiger partial charge in [-0.3, -0.25) is 14.6 Å². The van der Waals surface area contributed by atoms with Crippen molar-refractivity contribution in [1.82, 2.24) is 20.6 Å². The van der Waals surface area contributed by atoms with E-state index >= 15 is 0 Å². The molecule has 2 amide bonds. The highest BCUT2D eigenvalue weighted by molar-refractivity contribution is 5.92. The molecule has 3 aliphatic rings. The number of hydrogen-bond acceptors (Lipinski definition) is 5. The average molecular weight is 415 g/mol. The number of aliphatic hydroxyl groups is 1. The zero-order valence-electron chi connectivity index (χ0n) is 18.2. The number of carbonyl (C=O) groups excluding carboxylic acids is 2. The first-order valence-electron chi connectivity index (χ1n) is 11.4. The van der Waals surface area contributed by atoms with Crippen LogP contribution in [0.5, 0.6) is 0 Å². The van der Waals surface area contributed by atoms with Crippen molar-refractivity contribution in [3.05, 3.63) is 24.3 Å². The first-order valence-corrected chi connectivity index (χ1v) is 11.4. The van der Waals surface area contributed by atoms with E-state index in [0.29, 0.717) is 11.7 Å². The minimum atomic E-state index is -0.546. The van der Waals surface area contributed by atoms with Crippen molar-refractivity contribution in [2.75, 3.05) is 0 Å². The van der Waals surface area contributed by atoms with E-state index < -0.39 is 6.10 Å². The van der Waals surface area contributed by atoms with E-state index in [1.165, 1.54) is 12.4 Å². The van der Waals surface area contributed by atoms with Crippen LogP contribution in [0.4, 0.5) is 0 Å². The maximum Gasteiger partial charge on any atom is 0.271 e. The Morgan fingerprint density at radius 1 is 1.17 bits per heavy atom. The van der Waals surface area contributed by atoms with Gasteiger partial charge in [0.1, 0.15) is 5.69 Å². The van der Waals surface area contributed by atoms with Gasteiger partial charge in [0.05, 0.1) is 12.3 Å². The molecule has 164 valence electrons. The molecule has 0 aliphatic heterocycles. The predicted octanol–water partition coefficient (Wildman–Crippen LogP) is 2.31. The molecule has 0 spiro atoms. The predicted molar refractivity (Wildman–Crippen MR) is 112 cm³/mol. The van der Waals surface area contributed by atoms with Crippen LogP contribution in [0.15, 0.2) is 18.6 Å². The summed E-state index contributed by atoms with van der Waals surface area (Å²) >= 11 is 0.